The highest BCUT2D eigenvalue weighted by Crippen LogP contribution is 2.01. The van der Waals surface area contributed by atoms with Gasteiger partial charge in [-0.25, -0.2) is 0 Å². The van der Waals surface area contributed by atoms with Gasteiger partial charge in [-0.2, -0.15) is 0 Å². The molecular formula is C14H26O3. The highest BCUT2D eigenvalue weighted by atomic mass is 16.5. The van der Waals surface area contributed by atoms with Gasteiger partial charge >= 0.3 is 0 Å². The Morgan fingerprint density at radius 3 is 2.47 bits per heavy atom. The third-order valence-electron chi connectivity index (χ3n) is 2.48. The van der Waals surface area contributed by atoms with Crippen molar-refractivity contribution in [3.63, 3.8) is 0 Å². The Bertz CT molecular complexity index is 217. The summed E-state index contributed by atoms with van der Waals surface area (Å²) in [6.45, 7) is 4.52. The summed E-state index contributed by atoms with van der Waals surface area (Å²) in [5, 5.41) is 18.7. The quantitative estimate of drug-likeness (QED) is 0.481. The molecule has 0 aliphatic carbocycles. The first kappa shape index (κ1) is 16.4. The zero-order valence-electron chi connectivity index (χ0n) is 11.1. The standard InChI is InChI=1S/C14H26O3/c1-3-5-6-7-8-9-10-14(16)12-17-11-13(15)4-2/h13-16H,3-8,11-12H2,1-2H3. The molecule has 0 rings (SSSR count). The van der Waals surface area contributed by atoms with Gasteiger partial charge in [0.05, 0.1) is 19.3 Å². The Morgan fingerprint density at radius 1 is 1.06 bits per heavy atom. The van der Waals surface area contributed by atoms with Crippen molar-refractivity contribution in [3.05, 3.63) is 0 Å². The van der Waals surface area contributed by atoms with Gasteiger partial charge in [0.2, 0.25) is 0 Å². The molecule has 0 saturated carbocycles. The number of hydrogen-bond donors (Lipinski definition) is 2. The van der Waals surface area contributed by atoms with Crippen molar-refractivity contribution in [2.75, 3.05) is 13.2 Å². The lowest BCUT2D eigenvalue weighted by Crippen LogP contribution is -2.19. The second kappa shape index (κ2) is 11.9. The summed E-state index contributed by atoms with van der Waals surface area (Å²) in [6.07, 6.45) is 5.12. The summed E-state index contributed by atoms with van der Waals surface area (Å²) in [5.41, 5.74) is 0. The highest BCUT2D eigenvalue weighted by molar-refractivity contribution is 5.04. The smallest absolute Gasteiger partial charge is 0.137 e. The van der Waals surface area contributed by atoms with Crippen LogP contribution in [0.25, 0.3) is 0 Å². The Morgan fingerprint density at radius 2 is 1.82 bits per heavy atom. The molecule has 0 aromatic rings. The topological polar surface area (TPSA) is 49.7 Å². The minimum absolute atomic E-state index is 0.180. The molecule has 0 aliphatic heterocycles. The second-order valence-electron chi connectivity index (χ2n) is 4.25. The Kier molecular flexibility index (Phi) is 11.5. The van der Waals surface area contributed by atoms with Gasteiger partial charge in [0.1, 0.15) is 6.10 Å². The molecule has 0 aromatic carbocycles. The van der Waals surface area contributed by atoms with E-state index >= 15 is 0 Å². The molecule has 0 aliphatic rings. The minimum atomic E-state index is -0.731. The summed E-state index contributed by atoms with van der Waals surface area (Å²) in [7, 11) is 0. The molecule has 2 unspecified atom stereocenters. The lowest BCUT2D eigenvalue weighted by molar-refractivity contribution is 0.00639. The van der Waals surface area contributed by atoms with Crippen LogP contribution in [0.4, 0.5) is 0 Å². The van der Waals surface area contributed by atoms with E-state index in [4.69, 9.17) is 4.74 Å². The van der Waals surface area contributed by atoms with Crippen LogP contribution in [-0.4, -0.2) is 35.6 Å². The van der Waals surface area contributed by atoms with Crippen LogP contribution in [-0.2, 0) is 4.74 Å². The van der Waals surface area contributed by atoms with E-state index in [9.17, 15) is 10.2 Å². The molecule has 0 amide bonds. The van der Waals surface area contributed by atoms with E-state index in [-0.39, 0.29) is 13.2 Å². The van der Waals surface area contributed by atoms with Gasteiger partial charge in [-0.3, -0.25) is 0 Å². The van der Waals surface area contributed by atoms with E-state index in [2.05, 4.69) is 18.8 Å². The predicted octanol–water partition coefficient (Wildman–Crippen LogP) is 2.11. The zero-order valence-corrected chi connectivity index (χ0v) is 11.1. The molecule has 0 radical (unpaired) electrons. The number of hydrogen-bond acceptors (Lipinski definition) is 3. The van der Waals surface area contributed by atoms with Crippen molar-refractivity contribution in [2.45, 2.75) is 64.6 Å². The molecule has 0 fully saturated rings. The number of unbranched alkanes of at least 4 members (excludes halogenated alkanes) is 4. The molecular weight excluding hydrogens is 216 g/mol. The third-order valence-corrected chi connectivity index (χ3v) is 2.48. The van der Waals surface area contributed by atoms with Gasteiger partial charge in [0.25, 0.3) is 0 Å². The monoisotopic (exact) mass is 242 g/mol. The number of aliphatic hydroxyl groups excluding tert-OH is 2. The van der Waals surface area contributed by atoms with Gasteiger partial charge < -0.3 is 14.9 Å². The van der Waals surface area contributed by atoms with Crippen LogP contribution in [0, 0.1) is 11.8 Å². The number of rotatable bonds is 9. The van der Waals surface area contributed by atoms with Crippen molar-refractivity contribution in [3.8, 4) is 11.8 Å². The summed E-state index contributed by atoms with van der Waals surface area (Å²) in [6, 6.07) is 0. The van der Waals surface area contributed by atoms with Crippen LogP contribution in [0.1, 0.15) is 52.4 Å². The van der Waals surface area contributed by atoms with Crippen LogP contribution in [0.15, 0.2) is 0 Å². The van der Waals surface area contributed by atoms with Crippen molar-refractivity contribution in [1.82, 2.24) is 0 Å². The van der Waals surface area contributed by atoms with Crippen LogP contribution in [0.5, 0.6) is 0 Å². The average molecular weight is 242 g/mol. The first-order valence-corrected chi connectivity index (χ1v) is 6.62. The molecule has 0 spiro atoms. The Labute approximate surface area is 105 Å². The molecule has 17 heavy (non-hydrogen) atoms. The molecule has 2 atom stereocenters. The van der Waals surface area contributed by atoms with E-state index in [1.165, 1.54) is 19.3 Å². The zero-order chi connectivity index (χ0) is 12.9. The average Bonchev–Trinajstić information content (AvgIpc) is 2.33. The van der Waals surface area contributed by atoms with Gasteiger partial charge in [0, 0.05) is 6.42 Å². The van der Waals surface area contributed by atoms with Crippen molar-refractivity contribution in [1.29, 1.82) is 0 Å². The van der Waals surface area contributed by atoms with E-state index in [1.54, 1.807) is 0 Å². The van der Waals surface area contributed by atoms with Crippen molar-refractivity contribution >= 4 is 0 Å². The first-order chi connectivity index (χ1) is 8.20. The molecule has 3 heteroatoms. The van der Waals surface area contributed by atoms with Crippen molar-refractivity contribution in [2.24, 2.45) is 0 Å². The molecule has 3 nitrogen and oxygen atoms in total. The summed E-state index contributed by atoms with van der Waals surface area (Å²) >= 11 is 0. The molecule has 0 aromatic heterocycles. The second-order valence-corrected chi connectivity index (χ2v) is 4.25. The highest BCUT2D eigenvalue weighted by Gasteiger charge is 2.03. The van der Waals surface area contributed by atoms with Crippen LogP contribution in [0.3, 0.4) is 0 Å². The van der Waals surface area contributed by atoms with Gasteiger partial charge in [-0.1, -0.05) is 39.0 Å². The van der Waals surface area contributed by atoms with E-state index < -0.39 is 12.2 Å². The maximum atomic E-state index is 9.46. The third kappa shape index (κ3) is 11.7. The normalized spacial score (nSPS) is 13.9. The van der Waals surface area contributed by atoms with Crippen LogP contribution >= 0.6 is 0 Å². The molecule has 2 N–H and O–H groups in total. The van der Waals surface area contributed by atoms with Gasteiger partial charge in [-0.05, 0) is 12.8 Å². The molecule has 100 valence electrons. The molecule has 0 heterocycles. The van der Waals surface area contributed by atoms with Gasteiger partial charge in [0.15, 0.2) is 0 Å². The Hall–Kier alpha value is -0.560. The fraction of sp³-hybridized carbons (Fsp3) is 0.857. The lowest BCUT2D eigenvalue weighted by Gasteiger charge is -2.09. The number of aliphatic hydroxyl groups is 2. The summed E-state index contributed by atoms with van der Waals surface area (Å²) < 4.78 is 5.14. The SMILES string of the molecule is CCCCCCC#CC(O)COCC(O)CC. The van der Waals surface area contributed by atoms with Crippen LogP contribution < -0.4 is 0 Å². The molecule has 0 saturated heterocycles. The van der Waals surface area contributed by atoms with Crippen molar-refractivity contribution < 1.29 is 14.9 Å². The van der Waals surface area contributed by atoms with Crippen LogP contribution in [0.2, 0.25) is 0 Å². The maximum absolute atomic E-state index is 9.46. The first-order valence-electron chi connectivity index (χ1n) is 6.62. The van der Waals surface area contributed by atoms with E-state index in [0.717, 1.165) is 12.8 Å². The number of ether oxygens (including phenoxy) is 1. The largest absolute Gasteiger partial charge is 0.391 e. The summed E-state index contributed by atoms with van der Waals surface area (Å²) in [5.74, 6) is 5.70. The Balaban J connectivity index is 3.44. The fourth-order valence-corrected chi connectivity index (χ4v) is 1.31. The van der Waals surface area contributed by atoms with E-state index in [0.29, 0.717) is 6.42 Å². The fourth-order valence-electron chi connectivity index (χ4n) is 1.31. The summed E-state index contributed by atoms with van der Waals surface area (Å²) in [4.78, 5) is 0. The predicted molar refractivity (Wildman–Crippen MR) is 69.7 cm³/mol. The lowest BCUT2D eigenvalue weighted by atomic mass is 10.1. The maximum Gasteiger partial charge on any atom is 0.137 e. The molecule has 0 bridgehead atoms. The van der Waals surface area contributed by atoms with Gasteiger partial charge in [-0.15, -0.1) is 5.92 Å². The van der Waals surface area contributed by atoms with E-state index in [1.807, 2.05) is 6.92 Å². The minimum Gasteiger partial charge on any atom is -0.391 e.